The summed E-state index contributed by atoms with van der Waals surface area (Å²) in [5.41, 5.74) is -0.345. The summed E-state index contributed by atoms with van der Waals surface area (Å²) in [6, 6.07) is -0.517. The number of nitrogens with zero attached hydrogens (tertiary/aromatic N) is 2. The van der Waals surface area contributed by atoms with Crippen LogP contribution < -0.4 is 16.6 Å². The molecule has 0 aromatic carbocycles. The Balaban J connectivity index is 2.90. The average molecular weight is 255 g/mol. The number of aromatic nitrogens is 2. The van der Waals surface area contributed by atoms with Crippen LogP contribution in [0.3, 0.4) is 0 Å². The predicted molar refractivity (Wildman–Crippen MR) is 65.2 cm³/mol. The fourth-order valence-electron chi connectivity index (χ4n) is 1.53. The number of esters is 1. The number of carbonyl (C=O) groups excluding carboxylic acids is 1. The van der Waals surface area contributed by atoms with Crippen molar-refractivity contribution >= 4 is 5.97 Å². The minimum absolute atomic E-state index is 0.192. The lowest BCUT2D eigenvalue weighted by molar-refractivity contribution is -0.142. The van der Waals surface area contributed by atoms with Crippen LogP contribution in [0.15, 0.2) is 15.8 Å². The number of methoxy groups -OCH3 is 1. The zero-order valence-corrected chi connectivity index (χ0v) is 10.9. The molecule has 1 atom stereocenters. The Morgan fingerprint density at radius 1 is 1.44 bits per heavy atom. The Bertz CT molecular complexity index is 558. The first-order chi connectivity index (χ1) is 8.38. The van der Waals surface area contributed by atoms with Crippen molar-refractivity contribution in [3.63, 3.8) is 0 Å². The highest BCUT2D eigenvalue weighted by atomic mass is 16.5. The van der Waals surface area contributed by atoms with E-state index < -0.39 is 12.0 Å². The van der Waals surface area contributed by atoms with Crippen LogP contribution in [-0.2, 0) is 30.2 Å². The number of ether oxygens (including phenoxy) is 1. The summed E-state index contributed by atoms with van der Waals surface area (Å²) >= 11 is 0. The molecule has 18 heavy (non-hydrogen) atoms. The van der Waals surface area contributed by atoms with Crippen LogP contribution in [0.5, 0.6) is 0 Å². The Morgan fingerprint density at radius 3 is 2.61 bits per heavy atom. The molecule has 7 heteroatoms. The van der Waals surface area contributed by atoms with E-state index >= 15 is 0 Å². The van der Waals surface area contributed by atoms with Crippen molar-refractivity contribution in [1.29, 1.82) is 0 Å². The maximum atomic E-state index is 11.8. The fraction of sp³-hybridized carbons (Fsp3) is 0.545. The van der Waals surface area contributed by atoms with Crippen molar-refractivity contribution < 1.29 is 9.53 Å². The average Bonchev–Trinajstić information content (AvgIpc) is 2.37. The molecule has 1 heterocycles. The molecule has 0 saturated heterocycles. The minimum Gasteiger partial charge on any atom is -0.468 e. The zero-order valence-electron chi connectivity index (χ0n) is 10.9. The van der Waals surface area contributed by atoms with Crippen molar-refractivity contribution in [2.24, 2.45) is 14.1 Å². The molecular formula is C11H17N3O4. The number of nitrogens with one attached hydrogen (secondary N) is 1. The Morgan fingerprint density at radius 2 is 2.06 bits per heavy atom. The topological polar surface area (TPSA) is 82.3 Å². The summed E-state index contributed by atoms with van der Waals surface area (Å²) in [5.74, 6) is -0.406. The maximum Gasteiger partial charge on any atom is 0.330 e. The van der Waals surface area contributed by atoms with Crippen molar-refractivity contribution in [3.05, 3.63) is 32.6 Å². The van der Waals surface area contributed by atoms with Gasteiger partial charge < -0.3 is 14.6 Å². The molecule has 0 aliphatic heterocycles. The van der Waals surface area contributed by atoms with Crippen molar-refractivity contribution in [2.45, 2.75) is 19.5 Å². The molecule has 100 valence electrons. The second-order valence-electron chi connectivity index (χ2n) is 4.04. The van der Waals surface area contributed by atoms with Gasteiger partial charge in [-0.25, -0.2) is 4.79 Å². The van der Waals surface area contributed by atoms with Gasteiger partial charge in [0.1, 0.15) is 6.04 Å². The van der Waals surface area contributed by atoms with Gasteiger partial charge in [0.25, 0.3) is 5.56 Å². The van der Waals surface area contributed by atoms with Gasteiger partial charge in [-0.3, -0.25) is 14.2 Å². The molecule has 1 unspecified atom stereocenters. The monoisotopic (exact) mass is 255 g/mol. The summed E-state index contributed by atoms with van der Waals surface area (Å²) < 4.78 is 6.91. The first-order valence-electron chi connectivity index (χ1n) is 5.45. The molecule has 1 aromatic heterocycles. The molecule has 0 aliphatic rings. The third-order valence-corrected chi connectivity index (χ3v) is 2.67. The van der Waals surface area contributed by atoms with Crippen LogP contribution in [0, 0.1) is 0 Å². The van der Waals surface area contributed by atoms with Crippen LogP contribution in [0.25, 0.3) is 0 Å². The summed E-state index contributed by atoms with van der Waals surface area (Å²) in [4.78, 5) is 34.4. The molecule has 0 saturated carbocycles. The number of aryl methyl sites for hydroxylation is 1. The summed E-state index contributed by atoms with van der Waals surface area (Å²) in [5, 5.41) is 2.86. The molecule has 0 aliphatic carbocycles. The van der Waals surface area contributed by atoms with Gasteiger partial charge >= 0.3 is 11.7 Å². The molecule has 1 aromatic rings. The summed E-state index contributed by atoms with van der Waals surface area (Å²) in [7, 11) is 4.28. The molecule has 0 fully saturated rings. The maximum absolute atomic E-state index is 11.8. The third-order valence-electron chi connectivity index (χ3n) is 2.67. The van der Waals surface area contributed by atoms with E-state index in [9.17, 15) is 14.4 Å². The predicted octanol–water partition coefficient (Wildman–Crippen LogP) is -1.26. The highest BCUT2D eigenvalue weighted by molar-refractivity contribution is 5.75. The molecule has 1 rings (SSSR count). The Labute approximate surface area is 104 Å². The van der Waals surface area contributed by atoms with E-state index in [4.69, 9.17) is 0 Å². The summed E-state index contributed by atoms with van der Waals surface area (Å²) in [6.07, 6.45) is 1.46. The second-order valence-corrected chi connectivity index (χ2v) is 4.04. The van der Waals surface area contributed by atoms with E-state index in [0.29, 0.717) is 5.56 Å². The van der Waals surface area contributed by atoms with Crippen LogP contribution in [0.4, 0.5) is 0 Å². The summed E-state index contributed by atoms with van der Waals surface area (Å²) in [6.45, 7) is 1.83. The van der Waals surface area contributed by atoms with Gasteiger partial charge in [0.05, 0.1) is 7.11 Å². The van der Waals surface area contributed by atoms with Crippen molar-refractivity contribution in [3.8, 4) is 0 Å². The first-order valence-corrected chi connectivity index (χ1v) is 5.45. The lowest BCUT2D eigenvalue weighted by Crippen LogP contribution is -2.41. The van der Waals surface area contributed by atoms with Gasteiger partial charge in [-0.05, 0) is 6.92 Å². The minimum atomic E-state index is -0.517. The highest BCUT2D eigenvalue weighted by Gasteiger charge is 2.13. The van der Waals surface area contributed by atoms with E-state index in [-0.39, 0.29) is 17.8 Å². The molecule has 7 nitrogen and oxygen atoms in total. The Hall–Kier alpha value is -1.89. The molecule has 0 amide bonds. The highest BCUT2D eigenvalue weighted by Crippen LogP contribution is 1.91. The van der Waals surface area contributed by atoms with Gasteiger partial charge in [-0.1, -0.05) is 0 Å². The van der Waals surface area contributed by atoms with E-state index in [0.717, 1.165) is 4.57 Å². The van der Waals surface area contributed by atoms with Crippen LogP contribution in [0.2, 0.25) is 0 Å². The lowest BCUT2D eigenvalue weighted by Gasteiger charge is -2.12. The smallest absolute Gasteiger partial charge is 0.330 e. The molecule has 0 spiro atoms. The number of hydrogen-bond acceptors (Lipinski definition) is 5. The largest absolute Gasteiger partial charge is 0.468 e. The normalized spacial score (nSPS) is 12.2. The van der Waals surface area contributed by atoms with Gasteiger partial charge in [-0.2, -0.15) is 0 Å². The first kappa shape index (κ1) is 14.2. The quantitative estimate of drug-likeness (QED) is 0.679. The van der Waals surface area contributed by atoms with Gasteiger partial charge in [-0.15, -0.1) is 0 Å². The molecular weight excluding hydrogens is 238 g/mol. The van der Waals surface area contributed by atoms with Crippen LogP contribution >= 0.6 is 0 Å². The SMILES string of the molecule is COC(=O)C(C)NCc1cn(C)c(=O)n(C)c1=O. The van der Waals surface area contributed by atoms with E-state index in [2.05, 4.69) is 10.1 Å². The van der Waals surface area contributed by atoms with Gasteiger partial charge in [0, 0.05) is 32.4 Å². The Kier molecular flexibility index (Phi) is 4.43. The number of carbonyl (C=O) groups is 1. The standard InChI is InChI=1S/C11H17N3O4/c1-7(10(16)18-4)12-5-8-6-13(2)11(17)14(3)9(8)15/h6-7,12H,5H2,1-4H3. The second kappa shape index (κ2) is 5.63. The van der Waals surface area contributed by atoms with Crippen molar-refractivity contribution in [2.75, 3.05) is 7.11 Å². The van der Waals surface area contributed by atoms with Gasteiger partial charge in [0.15, 0.2) is 0 Å². The third kappa shape index (κ3) is 2.86. The number of rotatable bonds is 4. The number of hydrogen-bond donors (Lipinski definition) is 1. The zero-order chi connectivity index (χ0) is 13.9. The van der Waals surface area contributed by atoms with E-state index in [1.54, 1.807) is 14.0 Å². The van der Waals surface area contributed by atoms with Crippen LogP contribution in [0.1, 0.15) is 12.5 Å². The van der Waals surface area contributed by atoms with Gasteiger partial charge in [0.2, 0.25) is 0 Å². The van der Waals surface area contributed by atoms with E-state index in [1.807, 2.05) is 0 Å². The lowest BCUT2D eigenvalue weighted by atomic mass is 10.3. The van der Waals surface area contributed by atoms with Crippen molar-refractivity contribution in [1.82, 2.24) is 14.5 Å². The molecule has 0 bridgehead atoms. The fourth-order valence-corrected chi connectivity index (χ4v) is 1.53. The van der Waals surface area contributed by atoms with Crippen LogP contribution in [-0.4, -0.2) is 28.3 Å². The van der Waals surface area contributed by atoms with E-state index in [1.165, 1.54) is 24.9 Å². The molecule has 0 radical (unpaired) electrons. The molecule has 1 N–H and O–H groups in total.